The molecule has 0 aliphatic carbocycles. The van der Waals surface area contributed by atoms with Crippen molar-refractivity contribution in [2.75, 3.05) is 47.4 Å². The molecule has 19 nitrogen and oxygen atoms in total. The third kappa shape index (κ3) is 13.7. The maximum Gasteiger partial charge on any atom is 0.323 e. The number of nitrogens with one attached hydrogen (secondary N) is 5. The average Bonchev–Trinajstić information content (AvgIpc) is 3.36. The van der Waals surface area contributed by atoms with Gasteiger partial charge < -0.3 is 37.4 Å². The molecule has 25 heteroatoms. The predicted molar refractivity (Wildman–Crippen MR) is 250 cm³/mol. The molecule has 2 aliphatic heterocycles. The molecule has 8 heterocycles. The number of carbonyl (C=O) groups excluding carboxylic acids is 1. The number of fused-ring (bicyclic) bond motifs is 2. The van der Waals surface area contributed by atoms with Crippen molar-refractivity contribution >= 4 is 58.1 Å². The Hall–Kier alpha value is -7.24. The third-order valence-electron chi connectivity index (χ3n) is 10.4. The number of amides is 1. The van der Waals surface area contributed by atoms with Crippen molar-refractivity contribution in [3.8, 4) is 0 Å². The fourth-order valence-corrected chi connectivity index (χ4v) is 7.31. The van der Waals surface area contributed by atoms with E-state index in [2.05, 4.69) is 56.5 Å². The van der Waals surface area contributed by atoms with Crippen molar-refractivity contribution in [3.05, 3.63) is 151 Å². The third-order valence-corrected chi connectivity index (χ3v) is 11.0. The smallest absolute Gasteiger partial charge is 0.323 e. The Morgan fingerprint density at radius 3 is 1.64 bits per heavy atom. The van der Waals surface area contributed by atoms with Crippen molar-refractivity contribution in [3.63, 3.8) is 0 Å². The number of nitrogens with zero attached hydrogens (tertiary/aromatic N) is 8. The highest BCUT2D eigenvalue weighted by atomic mass is 35.5. The predicted octanol–water partition coefficient (Wildman–Crippen LogP) is 5.04. The molecule has 0 atom stereocenters. The Labute approximate surface area is 401 Å². The number of nitrogens with two attached hydrogens (primary N) is 1. The summed E-state index contributed by atoms with van der Waals surface area (Å²) < 4.78 is 58.4. The summed E-state index contributed by atoms with van der Waals surface area (Å²) >= 11 is 11.7. The zero-order valence-electron chi connectivity index (χ0n) is 36.6. The largest absolute Gasteiger partial charge is 0.480 e. The fourth-order valence-electron chi connectivity index (χ4n) is 6.94. The standard InChI is InChI=1S/C22H22ClF2N7O2.C13H11ClF2N4O3.C9H13N3/c23-17-11-30-20(31-13-22(24,25)16-5-1-2-6-27-16)21(34)32(17)12-18(33)29-10-15-9-26-8-14-4-3-7-28-19(14)15;14-9-5-18-11(12(23)20(9)6-10(21)22)19-7-13(15,16)8-3-1-2-4-17-8;10-4-8-6-11-5-7-2-1-3-12-9(7)8/h1-2,5-6,8-9,11,28H,3-4,7,10,12-13H2,(H,29,33)(H,30,31);1-5H,6-7H2,(H,18,19)(H,21,22);5-6,12H,1-4,10H2. The van der Waals surface area contributed by atoms with Gasteiger partial charge in [0.1, 0.15) is 34.8 Å². The molecule has 2 aliphatic rings. The van der Waals surface area contributed by atoms with Crippen LogP contribution in [-0.2, 0) is 60.5 Å². The van der Waals surface area contributed by atoms with Gasteiger partial charge in [-0.2, -0.15) is 17.6 Å². The van der Waals surface area contributed by atoms with Gasteiger partial charge in [0, 0.05) is 85.9 Å². The van der Waals surface area contributed by atoms with Crippen LogP contribution in [0.1, 0.15) is 46.5 Å². The van der Waals surface area contributed by atoms with E-state index in [0.717, 1.165) is 77.8 Å². The minimum absolute atomic E-state index is 0.0948. The summed E-state index contributed by atoms with van der Waals surface area (Å²) in [6.45, 7) is -0.254. The first-order chi connectivity index (χ1) is 33.1. The molecular weight excluding hydrogens is 951 g/mol. The number of hydrogen-bond donors (Lipinski definition) is 7. The van der Waals surface area contributed by atoms with E-state index >= 15 is 0 Å². The van der Waals surface area contributed by atoms with Gasteiger partial charge >= 0.3 is 17.8 Å². The Morgan fingerprint density at radius 1 is 0.696 bits per heavy atom. The lowest BCUT2D eigenvalue weighted by atomic mass is 10.0. The number of anilines is 4. The number of aryl methyl sites for hydroxylation is 2. The van der Waals surface area contributed by atoms with E-state index in [-0.39, 0.29) is 22.7 Å². The Morgan fingerprint density at radius 2 is 1.17 bits per heavy atom. The highest BCUT2D eigenvalue weighted by Gasteiger charge is 2.34. The number of aromatic nitrogens is 8. The van der Waals surface area contributed by atoms with Gasteiger partial charge in [0.05, 0.1) is 25.5 Å². The molecule has 0 unspecified atom stereocenters. The maximum atomic E-state index is 14.4. The first kappa shape index (κ1) is 51.2. The van der Waals surface area contributed by atoms with Gasteiger partial charge in [0.2, 0.25) is 5.91 Å². The van der Waals surface area contributed by atoms with Crippen molar-refractivity contribution < 1.29 is 32.3 Å². The summed E-state index contributed by atoms with van der Waals surface area (Å²) in [4.78, 5) is 71.0. The number of hydrogen-bond acceptors (Lipinski definition) is 15. The van der Waals surface area contributed by atoms with E-state index in [9.17, 15) is 36.7 Å². The monoisotopic (exact) mass is 996 g/mol. The number of carboxylic acid groups (broad SMARTS) is 1. The molecule has 0 saturated heterocycles. The van der Waals surface area contributed by atoms with Crippen molar-refractivity contribution in [2.24, 2.45) is 5.73 Å². The van der Waals surface area contributed by atoms with Gasteiger partial charge in [-0.05, 0) is 61.1 Å². The second-order valence-corrected chi connectivity index (χ2v) is 16.1. The van der Waals surface area contributed by atoms with E-state index < -0.39 is 78.2 Å². The van der Waals surface area contributed by atoms with Crippen LogP contribution in [0.3, 0.4) is 0 Å². The molecule has 6 aromatic heterocycles. The molecule has 0 bridgehead atoms. The number of carboxylic acids is 1. The Balaban J connectivity index is 0.000000191. The molecule has 69 heavy (non-hydrogen) atoms. The van der Waals surface area contributed by atoms with Gasteiger partial charge in [-0.25, -0.2) is 9.97 Å². The topological polar surface area (TPSA) is 262 Å². The van der Waals surface area contributed by atoms with Crippen LogP contribution in [0, 0.1) is 0 Å². The molecule has 8 N–H and O–H groups in total. The highest BCUT2D eigenvalue weighted by Crippen LogP contribution is 2.28. The van der Waals surface area contributed by atoms with E-state index in [4.69, 9.17) is 34.0 Å². The number of rotatable bonds is 15. The number of aliphatic carboxylic acids is 1. The van der Waals surface area contributed by atoms with Crippen LogP contribution in [-0.4, -0.2) is 82.2 Å². The minimum atomic E-state index is -3.34. The van der Waals surface area contributed by atoms with Gasteiger partial charge in [0.15, 0.2) is 11.6 Å². The molecule has 0 saturated carbocycles. The second kappa shape index (κ2) is 23.7. The number of alkyl halides is 4. The van der Waals surface area contributed by atoms with Crippen LogP contribution in [0.5, 0.6) is 0 Å². The average molecular weight is 998 g/mol. The summed E-state index contributed by atoms with van der Waals surface area (Å²) in [7, 11) is 0. The molecule has 8 rings (SSSR count). The molecule has 364 valence electrons. The van der Waals surface area contributed by atoms with E-state index in [0.29, 0.717) is 11.1 Å². The van der Waals surface area contributed by atoms with Crippen LogP contribution in [0.15, 0.2) is 95.6 Å². The van der Waals surface area contributed by atoms with Crippen LogP contribution >= 0.6 is 23.2 Å². The highest BCUT2D eigenvalue weighted by molar-refractivity contribution is 6.29. The molecule has 0 radical (unpaired) electrons. The number of halogens is 6. The molecule has 0 spiro atoms. The lowest BCUT2D eigenvalue weighted by Crippen LogP contribution is -2.35. The lowest BCUT2D eigenvalue weighted by molar-refractivity contribution is -0.137. The van der Waals surface area contributed by atoms with Crippen molar-refractivity contribution in [1.82, 2.24) is 44.4 Å². The van der Waals surface area contributed by atoms with Gasteiger partial charge in [-0.3, -0.25) is 48.2 Å². The zero-order chi connectivity index (χ0) is 49.6. The van der Waals surface area contributed by atoms with Crippen LogP contribution in [0.25, 0.3) is 0 Å². The first-order valence-corrected chi connectivity index (χ1v) is 22.0. The summed E-state index contributed by atoms with van der Waals surface area (Å²) in [5.41, 5.74) is 9.53. The lowest BCUT2D eigenvalue weighted by Gasteiger charge is -2.21. The van der Waals surface area contributed by atoms with Crippen molar-refractivity contribution in [1.29, 1.82) is 0 Å². The molecule has 6 aromatic rings. The summed E-state index contributed by atoms with van der Waals surface area (Å²) in [6.07, 6.45) is 16.1. The number of carbonyl (C=O) groups is 2. The van der Waals surface area contributed by atoms with E-state index in [1.165, 1.54) is 60.4 Å². The first-order valence-electron chi connectivity index (χ1n) is 21.2. The molecule has 1 amide bonds. The summed E-state index contributed by atoms with van der Waals surface area (Å²) in [5.74, 6) is -9.23. The Kier molecular flexibility index (Phi) is 17.5. The van der Waals surface area contributed by atoms with Crippen molar-refractivity contribution in [2.45, 2.75) is 63.7 Å². The second-order valence-electron chi connectivity index (χ2n) is 15.3. The summed E-state index contributed by atoms with van der Waals surface area (Å²) in [5, 5.41) is 22.4. The SMILES string of the molecule is NCc1cncc2c1NCCC2.O=C(Cn1c(Cl)cnc(NCC(F)(F)c2ccccn2)c1=O)NCc1cncc2c1NCCC2.O=C(O)Cn1c(Cl)cnc(NCC(F)(F)c2ccccn2)c1=O. The van der Waals surface area contributed by atoms with Crippen LogP contribution in [0.2, 0.25) is 10.3 Å². The zero-order valence-corrected chi connectivity index (χ0v) is 38.1. The molecule has 0 fully saturated rings. The quantitative estimate of drug-likeness (QED) is 0.0665. The summed E-state index contributed by atoms with van der Waals surface area (Å²) in [6, 6.07) is 8.22. The Bertz CT molecular complexity index is 2830. The molecular formula is C44H46Cl2F4N14O5. The van der Waals surface area contributed by atoms with E-state index in [1.54, 1.807) is 12.4 Å². The normalized spacial score (nSPS) is 12.8. The maximum absolute atomic E-state index is 14.4. The van der Waals surface area contributed by atoms with Crippen LogP contribution < -0.4 is 43.4 Å². The van der Waals surface area contributed by atoms with Crippen LogP contribution in [0.4, 0.5) is 40.6 Å². The number of pyridine rings is 4. The molecule has 0 aromatic carbocycles. The minimum Gasteiger partial charge on any atom is -0.480 e. The van der Waals surface area contributed by atoms with E-state index in [1.807, 2.05) is 12.4 Å². The fraction of sp³-hybridized carbons (Fsp3) is 0.318. The van der Waals surface area contributed by atoms with Gasteiger partial charge in [-0.1, -0.05) is 35.3 Å². The van der Waals surface area contributed by atoms with Gasteiger partial charge in [-0.15, -0.1) is 0 Å². The van der Waals surface area contributed by atoms with Gasteiger partial charge in [0.25, 0.3) is 11.1 Å².